The molecule has 8 heteroatoms. The average molecular weight is 339 g/mol. The van der Waals surface area contributed by atoms with Gasteiger partial charge in [-0.05, 0) is 60.2 Å². The number of nitrogens with zero attached hydrogens (tertiary/aromatic N) is 1. The molecule has 2 rings (SSSR count). The molecule has 0 saturated carbocycles. The van der Waals surface area contributed by atoms with Crippen LogP contribution in [0.5, 0.6) is 5.75 Å². The number of nitrogens with one attached hydrogen (secondary N) is 2. The van der Waals surface area contributed by atoms with Crippen molar-refractivity contribution in [2.75, 3.05) is 5.32 Å². The highest BCUT2D eigenvalue weighted by molar-refractivity contribution is 7.80. The van der Waals surface area contributed by atoms with Crippen molar-refractivity contribution in [3.8, 4) is 5.75 Å². The molecule has 0 saturated heterocycles. The Morgan fingerprint density at radius 2 is 1.83 bits per heavy atom. The second-order valence-electron chi connectivity index (χ2n) is 4.49. The maximum absolute atomic E-state index is 12.6. The van der Waals surface area contributed by atoms with Crippen molar-refractivity contribution in [2.45, 2.75) is 6.18 Å². The first-order chi connectivity index (χ1) is 10.8. The van der Waals surface area contributed by atoms with Crippen molar-refractivity contribution in [3.63, 3.8) is 0 Å². The van der Waals surface area contributed by atoms with Gasteiger partial charge in [0.2, 0.25) is 0 Å². The zero-order chi connectivity index (χ0) is 16.9. The van der Waals surface area contributed by atoms with Crippen LogP contribution in [0.1, 0.15) is 11.1 Å². The number of thiocarbonyl (C=S) groups is 1. The third-order valence-electron chi connectivity index (χ3n) is 2.72. The van der Waals surface area contributed by atoms with E-state index in [1.165, 1.54) is 30.5 Å². The van der Waals surface area contributed by atoms with Crippen molar-refractivity contribution in [1.82, 2.24) is 5.43 Å². The highest BCUT2D eigenvalue weighted by Gasteiger charge is 2.30. The molecule has 0 heterocycles. The van der Waals surface area contributed by atoms with Crippen LogP contribution in [0.2, 0.25) is 0 Å². The molecule has 2 aromatic rings. The first-order valence-electron chi connectivity index (χ1n) is 6.41. The second-order valence-corrected chi connectivity index (χ2v) is 4.90. The molecule has 0 amide bonds. The lowest BCUT2D eigenvalue weighted by atomic mass is 10.2. The fraction of sp³-hybridized carbons (Fsp3) is 0.0667. The number of rotatable bonds is 3. The normalized spacial score (nSPS) is 11.4. The summed E-state index contributed by atoms with van der Waals surface area (Å²) in [4.78, 5) is 0. The molecule has 120 valence electrons. The Labute approximate surface area is 135 Å². The largest absolute Gasteiger partial charge is 0.508 e. The van der Waals surface area contributed by atoms with E-state index in [2.05, 4.69) is 15.8 Å². The van der Waals surface area contributed by atoms with Crippen LogP contribution >= 0.6 is 12.2 Å². The summed E-state index contributed by atoms with van der Waals surface area (Å²) in [7, 11) is 0. The molecular weight excluding hydrogens is 327 g/mol. The van der Waals surface area contributed by atoms with Crippen molar-refractivity contribution in [1.29, 1.82) is 0 Å². The molecule has 23 heavy (non-hydrogen) atoms. The van der Waals surface area contributed by atoms with Crippen LogP contribution in [-0.4, -0.2) is 16.4 Å². The third-order valence-corrected chi connectivity index (χ3v) is 2.91. The van der Waals surface area contributed by atoms with Gasteiger partial charge in [0.1, 0.15) is 5.75 Å². The van der Waals surface area contributed by atoms with Crippen LogP contribution in [-0.2, 0) is 6.18 Å². The van der Waals surface area contributed by atoms with Gasteiger partial charge in [-0.2, -0.15) is 18.3 Å². The number of alkyl halides is 3. The first kappa shape index (κ1) is 16.8. The number of benzene rings is 2. The number of phenols is 1. The minimum absolute atomic E-state index is 0.0550. The summed E-state index contributed by atoms with van der Waals surface area (Å²) in [5.74, 6) is 0.136. The lowest BCUT2D eigenvalue weighted by molar-refractivity contribution is -0.137. The van der Waals surface area contributed by atoms with E-state index < -0.39 is 11.7 Å². The van der Waals surface area contributed by atoms with Gasteiger partial charge in [-0.3, -0.25) is 5.43 Å². The van der Waals surface area contributed by atoms with E-state index in [-0.39, 0.29) is 16.5 Å². The molecule has 0 bridgehead atoms. The monoisotopic (exact) mass is 339 g/mol. The van der Waals surface area contributed by atoms with E-state index in [1.54, 1.807) is 12.1 Å². The minimum atomic E-state index is -4.41. The molecule has 2 aromatic carbocycles. The van der Waals surface area contributed by atoms with Gasteiger partial charge < -0.3 is 10.4 Å². The quantitative estimate of drug-likeness (QED) is 0.453. The number of hydrogen-bond acceptors (Lipinski definition) is 3. The zero-order valence-corrected chi connectivity index (χ0v) is 12.4. The van der Waals surface area contributed by atoms with Gasteiger partial charge in [0, 0.05) is 5.69 Å². The number of phenolic OH excluding ortho intramolecular Hbond substituents is 1. The predicted octanol–water partition coefficient (Wildman–Crippen LogP) is 3.73. The lowest BCUT2D eigenvalue weighted by Crippen LogP contribution is -2.24. The molecular formula is C15H12F3N3OS. The fourth-order valence-electron chi connectivity index (χ4n) is 1.66. The highest BCUT2D eigenvalue weighted by Crippen LogP contribution is 2.30. The standard InChI is InChI=1S/C15H12F3N3OS/c16-15(17,18)11-2-1-3-12(8-11)20-14(23)21-19-9-10-4-6-13(22)7-5-10/h1-9,22H,(H2,20,21,23)/b19-9+. The van der Waals surface area contributed by atoms with Gasteiger partial charge in [-0.15, -0.1) is 0 Å². The van der Waals surface area contributed by atoms with Crippen LogP contribution in [0, 0.1) is 0 Å². The van der Waals surface area contributed by atoms with Crippen molar-refractivity contribution < 1.29 is 18.3 Å². The van der Waals surface area contributed by atoms with Crippen LogP contribution in [0.3, 0.4) is 0 Å². The molecule has 3 N–H and O–H groups in total. The summed E-state index contributed by atoms with van der Waals surface area (Å²) in [6.07, 6.45) is -2.96. The smallest absolute Gasteiger partial charge is 0.416 e. The Morgan fingerprint density at radius 3 is 2.48 bits per heavy atom. The summed E-state index contributed by atoms with van der Waals surface area (Å²) in [6.45, 7) is 0. The van der Waals surface area contributed by atoms with Gasteiger partial charge in [0.05, 0.1) is 11.8 Å². The summed E-state index contributed by atoms with van der Waals surface area (Å²) in [6, 6.07) is 11.0. The Morgan fingerprint density at radius 1 is 1.13 bits per heavy atom. The molecule has 0 aliphatic rings. The van der Waals surface area contributed by atoms with Crippen molar-refractivity contribution >= 4 is 29.2 Å². The number of aromatic hydroxyl groups is 1. The number of hydrazone groups is 1. The molecule has 0 fully saturated rings. The molecule has 4 nitrogen and oxygen atoms in total. The molecule has 0 unspecified atom stereocenters. The number of hydrogen-bond donors (Lipinski definition) is 3. The molecule has 0 aliphatic carbocycles. The van der Waals surface area contributed by atoms with E-state index >= 15 is 0 Å². The van der Waals surface area contributed by atoms with Crippen molar-refractivity contribution in [3.05, 3.63) is 59.7 Å². The molecule has 0 aromatic heterocycles. The molecule has 0 aliphatic heterocycles. The Balaban J connectivity index is 1.93. The Bertz CT molecular complexity index is 715. The molecule has 0 spiro atoms. The zero-order valence-electron chi connectivity index (χ0n) is 11.6. The van der Waals surface area contributed by atoms with E-state index in [9.17, 15) is 13.2 Å². The number of halogens is 3. The summed E-state index contributed by atoms with van der Waals surface area (Å²) in [5.41, 5.74) is 2.66. The Kier molecular flexibility index (Phi) is 5.17. The predicted molar refractivity (Wildman–Crippen MR) is 86.5 cm³/mol. The van der Waals surface area contributed by atoms with Gasteiger partial charge in [-0.25, -0.2) is 0 Å². The van der Waals surface area contributed by atoms with E-state index in [1.807, 2.05) is 0 Å². The summed E-state index contributed by atoms with van der Waals surface area (Å²) < 4.78 is 37.8. The number of anilines is 1. The third kappa shape index (κ3) is 5.26. The van der Waals surface area contributed by atoms with E-state index in [4.69, 9.17) is 17.3 Å². The SMILES string of the molecule is Oc1ccc(/C=N/NC(=S)Nc2cccc(C(F)(F)F)c2)cc1. The van der Waals surface area contributed by atoms with Crippen molar-refractivity contribution in [2.24, 2.45) is 5.10 Å². The van der Waals surface area contributed by atoms with Crippen LogP contribution < -0.4 is 10.7 Å². The van der Waals surface area contributed by atoms with Gasteiger partial charge in [0.25, 0.3) is 0 Å². The minimum Gasteiger partial charge on any atom is -0.508 e. The average Bonchev–Trinajstić information content (AvgIpc) is 2.49. The first-order valence-corrected chi connectivity index (χ1v) is 6.82. The fourth-order valence-corrected chi connectivity index (χ4v) is 1.83. The lowest BCUT2D eigenvalue weighted by Gasteiger charge is -2.10. The van der Waals surface area contributed by atoms with E-state index in [0.717, 1.165) is 17.7 Å². The highest BCUT2D eigenvalue weighted by atomic mass is 32.1. The maximum atomic E-state index is 12.6. The van der Waals surface area contributed by atoms with E-state index in [0.29, 0.717) is 0 Å². The van der Waals surface area contributed by atoms with Crippen LogP contribution in [0.15, 0.2) is 53.6 Å². The second kappa shape index (κ2) is 7.10. The molecule has 0 radical (unpaired) electrons. The summed E-state index contributed by atoms with van der Waals surface area (Å²) >= 11 is 4.95. The van der Waals surface area contributed by atoms with Gasteiger partial charge >= 0.3 is 6.18 Å². The molecule has 0 atom stereocenters. The summed E-state index contributed by atoms with van der Waals surface area (Å²) in [5, 5.41) is 15.7. The van der Waals surface area contributed by atoms with Crippen LogP contribution in [0.25, 0.3) is 0 Å². The van der Waals surface area contributed by atoms with Crippen LogP contribution in [0.4, 0.5) is 18.9 Å². The van der Waals surface area contributed by atoms with Gasteiger partial charge in [-0.1, -0.05) is 6.07 Å². The maximum Gasteiger partial charge on any atom is 0.416 e. The Hall–Kier alpha value is -2.61. The van der Waals surface area contributed by atoms with Gasteiger partial charge in [0.15, 0.2) is 5.11 Å². The topological polar surface area (TPSA) is 56.7 Å².